The minimum Gasteiger partial charge on any atom is -0.506 e. The third kappa shape index (κ3) is 4.47. The zero-order chi connectivity index (χ0) is 20.3. The Labute approximate surface area is 164 Å². The molecule has 0 heterocycles. The molecule has 0 aliphatic carbocycles. The highest BCUT2D eigenvalue weighted by molar-refractivity contribution is 7.94. The Hall–Kier alpha value is -2.54. The molecule has 11 heteroatoms. The lowest BCUT2D eigenvalue weighted by molar-refractivity contribution is -0.432. The van der Waals surface area contributed by atoms with Gasteiger partial charge >= 0.3 is 0 Å². The molecule has 0 saturated carbocycles. The lowest BCUT2D eigenvalue weighted by Gasteiger charge is -2.06. The van der Waals surface area contributed by atoms with Gasteiger partial charge in [0.05, 0.1) is 22.6 Å². The number of nitrogens with zero attached hydrogens (tertiary/aromatic N) is 2. The number of benzene rings is 3. The van der Waals surface area contributed by atoms with E-state index in [1.54, 1.807) is 31.2 Å². The van der Waals surface area contributed by atoms with Crippen LogP contribution >= 0.6 is 12.0 Å². The molecule has 0 amide bonds. The van der Waals surface area contributed by atoms with E-state index >= 15 is 0 Å². The van der Waals surface area contributed by atoms with Gasteiger partial charge in [-0.25, -0.2) is 5.26 Å². The normalized spacial score (nSPS) is 12.1. The molecule has 146 valence electrons. The number of rotatable bonds is 6. The number of hydrogen-bond acceptors (Lipinski definition) is 9. The zero-order valence-corrected chi connectivity index (χ0v) is 15.9. The molecule has 0 unspecified atom stereocenters. The van der Waals surface area contributed by atoms with Crippen LogP contribution in [0.15, 0.2) is 68.6 Å². The molecule has 0 spiro atoms. The van der Waals surface area contributed by atoms with E-state index in [2.05, 4.69) is 19.6 Å². The van der Waals surface area contributed by atoms with E-state index in [4.69, 9.17) is 5.26 Å². The van der Waals surface area contributed by atoms with Crippen LogP contribution < -0.4 is 0 Å². The van der Waals surface area contributed by atoms with Gasteiger partial charge in [0, 0.05) is 10.3 Å². The maximum atomic E-state index is 11.4. The number of aromatic hydroxyl groups is 1. The summed E-state index contributed by atoms with van der Waals surface area (Å²) in [6.07, 6.45) is 0. The van der Waals surface area contributed by atoms with Crippen LogP contribution in [0.25, 0.3) is 10.8 Å². The van der Waals surface area contributed by atoms with Crippen molar-refractivity contribution in [2.24, 2.45) is 10.2 Å². The highest BCUT2D eigenvalue weighted by Gasteiger charge is 2.14. The SMILES string of the molecule is Cc1ccc(N=Nc2c(O)ccc3cc(SOOO)ccc23)cc1S(=O)(=O)O. The van der Waals surface area contributed by atoms with Gasteiger partial charge < -0.3 is 5.11 Å². The maximum Gasteiger partial charge on any atom is 0.294 e. The van der Waals surface area contributed by atoms with Crippen molar-refractivity contribution in [3.05, 3.63) is 54.1 Å². The first-order chi connectivity index (χ1) is 13.3. The topological polar surface area (TPSA) is 138 Å². The Bertz CT molecular complexity index is 1160. The number of hydrogen-bond donors (Lipinski definition) is 3. The standard InChI is InChI=1S/C17H14N2O7S2/c1-10-2-4-12(9-16(10)28(22,23)24)18-19-17-14-6-5-13(27-26-25-21)8-11(14)3-7-15(17)20/h2-9,20-21H,1H3,(H,22,23,24). The van der Waals surface area contributed by atoms with Crippen molar-refractivity contribution in [1.29, 1.82) is 0 Å². The number of azo groups is 1. The first kappa shape index (κ1) is 20.2. The van der Waals surface area contributed by atoms with Crippen LogP contribution in [0.5, 0.6) is 5.75 Å². The molecule has 3 aromatic rings. The second-order valence-corrected chi connectivity index (χ2v) is 7.83. The zero-order valence-electron chi connectivity index (χ0n) is 14.3. The lowest BCUT2D eigenvalue weighted by atomic mass is 10.1. The van der Waals surface area contributed by atoms with Crippen molar-refractivity contribution in [2.75, 3.05) is 0 Å². The molecule has 0 fully saturated rings. The van der Waals surface area contributed by atoms with Gasteiger partial charge in [-0.2, -0.15) is 13.5 Å². The molecule has 3 N–H and O–H groups in total. The van der Waals surface area contributed by atoms with Crippen molar-refractivity contribution in [3.63, 3.8) is 0 Å². The van der Waals surface area contributed by atoms with E-state index in [1.807, 2.05) is 0 Å². The molecule has 0 saturated heterocycles. The Morgan fingerprint density at radius 3 is 2.54 bits per heavy atom. The van der Waals surface area contributed by atoms with Crippen molar-refractivity contribution in [1.82, 2.24) is 0 Å². The Kier molecular flexibility index (Phi) is 5.93. The van der Waals surface area contributed by atoms with Crippen molar-refractivity contribution in [3.8, 4) is 5.75 Å². The molecule has 0 bridgehead atoms. The van der Waals surface area contributed by atoms with E-state index in [0.29, 0.717) is 21.2 Å². The third-order valence-corrected chi connectivity index (χ3v) is 5.39. The average molecular weight is 422 g/mol. The molecule has 3 rings (SSSR count). The number of phenols is 1. The van der Waals surface area contributed by atoms with E-state index in [0.717, 1.165) is 12.0 Å². The van der Waals surface area contributed by atoms with Gasteiger partial charge in [0.1, 0.15) is 11.4 Å². The molecule has 0 atom stereocenters. The van der Waals surface area contributed by atoms with Crippen LogP contribution in [0.2, 0.25) is 0 Å². The van der Waals surface area contributed by atoms with Crippen molar-refractivity contribution in [2.45, 2.75) is 16.7 Å². The predicted octanol–water partition coefficient (Wildman–Crippen LogP) is 4.94. The first-order valence-electron chi connectivity index (χ1n) is 7.70. The summed E-state index contributed by atoms with van der Waals surface area (Å²) in [5, 5.41) is 31.3. The predicted molar refractivity (Wildman–Crippen MR) is 101 cm³/mol. The minimum absolute atomic E-state index is 0.117. The van der Waals surface area contributed by atoms with Gasteiger partial charge in [0.2, 0.25) is 0 Å². The summed E-state index contributed by atoms with van der Waals surface area (Å²) in [7, 11) is -4.39. The van der Waals surface area contributed by atoms with E-state index in [1.165, 1.54) is 24.3 Å². The smallest absolute Gasteiger partial charge is 0.294 e. The highest BCUT2D eigenvalue weighted by Crippen LogP contribution is 2.38. The molecule has 9 nitrogen and oxygen atoms in total. The summed E-state index contributed by atoms with van der Waals surface area (Å²) in [5.74, 6) is -0.117. The van der Waals surface area contributed by atoms with Crippen LogP contribution in [0.4, 0.5) is 11.4 Å². The van der Waals surface area contributed by atoms with E-state index in [-0.39, 0.29) is 22.0 Å². The lowest BCUT2D eigenvalue weighted by Crippen LogP contribution is -2.00. The molecule has 0 radical (unpaired) electrons. The van der Waals surface area contributed by atoms with Gasteiger partial charge in [-0.3, -0.25) is 4.55 Å². The molecular formula is C17H14N2O7S2. The Morgan fingerprint density at radius 2 is 1.82 bits per heavy atom. The van der Waals surface area contributed by atoms with Gasteiger partial charge in [-0.05, 0) is 48.2 Å². The quantitative estimate of drug-likeness (QED) is 0.167. The third-order valence-electron chi connectivity index (χ3n) is 3.82. The van der Waals surface area contributed by atoms with Crippen LogP contribution in [-0.4, -0.2) is 23.3 Å². The van der Waals surface area contributed by atoms with Gasteiger partial charge in [0.25, 0.3) is 10.1 Å². The van der Waals surface area contributed by atoms with Crippen molar-refractivity contribution >= 4 is 44.3 Å². The summed E-state index contributed by atoms with van der Waals surface area (Å²) in [4.78, 5) is 0.366. The van der Waals surface area contributed by atoms with Crippen LogP contribution in [0.1, 0.15) is 5.56 Å². The summed E-state index contributed by atoms with van der Waals surface area (Å²) >= 11 is 0.791. The van der Waals surface area contributed by atoms with E-state index in [9.17, 15) is 18.1 Å². The Morgan fingerprint density at radius 1 is 1.04 bits per heavy atom. The summed E-state index contributed by atoms with van der Waals surface area (Å²) in [5.41, 5.74) is 0.742. The van der Waals surface area contributed by atoms with Gasteiger partial charge in [0.15, 0.2) is 0 Å². The van der Waals surface area contributed by atoms with Crippen LogP contribution in [0.3, 0.4) is 0 Å². The number of fused-ring (bicyclic) bond motifs is 1. The van der Waals surface area contributed by atoms with Gasteiger partial charge in [-0.1, -0.05) is 23.2 Å². The molecular weight excluding hydrogens is 408 g/mol. The Balaban J connectivity index is 2.01. The van der Waals surface area contributed by atoms with E-state index < -0.39 is 10.1 Å². The molecule has 0 aliphatic rings. The monoisotopic (exact) mass is 422 g/mol. The first-order valence-corrected chi connectivity index (χ1v) is 9.88. The molecule has 3 aromatic carbocycles. The van der Waals surface area contributed by atoms with Crippen LogP contribution in [0, 0.1) is 6.92 Å². The molecule has 0 aliphatic heterocycles. The maximum absolute atomic E-state index is 11.4. The number of aryl methyl sites for hydroxylation is 1. The molecule has 0 aromatic heterocycles. The number of phenolic OH excluding ortho intramolecular Hbond substituents is 1. The summed E-state index contributed by atoms with van der Waals surface area (Å²) in [6, 6.07) is 12.4. The fourth-order valence-corrected chi connectivity index (χ4v) is 3.68. The van der Waals surface area contributed by atoms with Gasteiger partial charge in [-0.15, -0.1) is 9.45 Å². The fraction of sp³-hybridized carbons (Fsp3) is 0.0588. The fourth-order valence-electron chi connectivity index (χ4n) is 2.53. The van der Waals surface area contributed by atoms with Crippen LogP contribution in [-0.2, 0) is 19.5 Å². The second kappa shape index (κ2) is 8.22. The largest absolute Gasteiger partial charge is 0.506 e. The summed E-state index contributed by atoms with van der Waals surface area (Å²) in [6.45, 7) is 1.54. The minimum atomic E-state index is -4.39. The second-order valence-electron chi connectivity index (χ2n) is 5.67. The van der Waals surface area contributed by atoms with Crippen molar-refractivity contribution < 1.29 is 32.7 Å². The highest BCUT2D eigenvalue weighted by atomic mass is 32.2. The average Bonchev–Trinajstić information content (AvgIpc) is 2.65. The molecule has 28 heavy (non-hydrogen) atoms. The summed E-state index contributed by atoms with van der Waals surface area (Å²) < 4.78 is 36.5.